The number of nitrogens with zero attached hydrogens (tertiary/aromatic N) is 2. The maximum atomic E-state index is 12.4. The number of anilines is 1. The zero-order valence-corrected chi connectivity index (χ0v) is 15.1. The molecular formula is C18H20N4O3S. The minimum Gasteiger partial charge on any atom is -0.376 e. The molecule has 26 heavy (non-hydrogen) atoms. The third-order valence-electron chi connectivity index (χ3n) is 4.51. The number of carbonyl (C=O) groups excluding carboxylic acids is 2. The molecule has 0 unspecified atom stereocenters. The zero-order valence-electron chi connectivity index (χ0n) is 14.2. The first-order chi connectivity index (χ1) is 12.7. The van der Waals surface area contributed by atoms with Crippen LogP contribution in [-0.4, -0.2) is 40.9 Å². The molecule has 3 heterocycles. The highest BCUT2D eigenvalue weighted by molar-refractivity contribution is 7.98. The van der Waals surface area contributed by atoms with Crippen LogP contribution in [0.15, 0.2) is 30.3 Å². The Morgan fingerprint density at radius 1 is 1.23 bits per heavy atom. The number of thioether (sulfide) groups is 1. The second-order valence-corrected chi connectivity index (χ2v) is 7.30. The summed E-state index contributed by atoms with van der Waals surface area (Å²) in [5, 5.41) is 10.0. The second-order valence-electron chi connectivity index (χ2n) is 6.31. The van der Waals surface area contributed by atoms with Gasteiger partial charge in [-0.25, -0.2) is 4.68 Å². The fraction of sp³-hybridized carbons (Fsp3) is 0.389. The van der Waals surface area contributed by atoms with E-state index < -0.39 is 11.8 Å². The van der Waals surface area contributed by atoms with Crippen molar-refractivity contribution in [3.05, 3.63) is 41.6 Å². The first kappa shape index (κ1) is 17.1. The summed E-state index contributed by atoms with van der Waals surface area (Å²) in [7, 11) is 0. The number of benzene rings is 1. The van der Waals surface area contributed by atoms with Crippen LogP contribution in [0.2, 0.25) is 0 Å². The molecule has 1 aromatic heterocycles. The van der Waals surface area contributed by atoms with Crippen LogP contribution in [0.25, 0.3) is 5.69 Å². The van der Waals surface area contributed by atoms with Crippen molar-refractivity contribution in [2.45, 2.75) is 30.5 Å². The van der Waals surface area contributed by atoms with Crippen LogP contribution >= 0.6 is 11.8 Å². The summed E-state index contributed by atoms with van der Waals surface area (Å²) in [5.41, 5.74) is 2.79. The summed E-state index contributed by atoms with van der Waals surface area (Å²) in [4.78, 5) is 24.5. The van der Waals surface area contributed by atoms with Crippen LogP contribution < -0.4 is 10.6 Å². The van der Waals surface area contributed by atoms with Gasteiger partial charge in [0.15, 0.2) is 0 Å². The van der Waals surface area contributed by atoms with E-state index in [1.54, 1.807) is 16.4 Å². The zero-order chi connectivity index (χ0) is 17.9. The molecular weight excluding hydrogens is 352 g/mol. The number of aromatic nitrogens is 2. The van der Waals surface area contributed by atoms with Crippen molar-refractivity contribution in [3.8, 4) is 5.69 Å². The lowest BCUT2D eigenvalue weighted by Gasteiger charge is -2.12. The van der Waals surface area contributed by atoms with E-state index in [1.807, 2.05) is 30.3 Å². The number of rotatable bonds is 4. The molecule has 2 N–H and O–H groups in total. The number of hydrogen-bond acceptors (Lipinski definition) is 5. The van der Waals surface area contributed by atoms with Gasteiger partial charge in [-0.2, -0.15) is 16.9 Å². The molecule has 2 aliphatic heterocycles. The number of carbonyl (C=O) groups is 2. The Bertz CT molecular complexity index is 815. The van der Waals surface area contributed by atoms with Gasteiger partial charge in [-0.1, -0.05) is 18.2 Å². The fourth-order valence-corrected chi connectivity index (χ4v) is 4.19. The van der Waals surface area contributed by atoms with Crippen molar-refractivity contribution in [1.29, 1.82) is 0 Å². The van der Waals surface area contributed by atoms with Crippen LogP contribution in [0.1, 0.15) is 24.1 Å². The molecule has 0 bridgehead atoms. The first-order valence-electron chi connectivity index (χ1n) is 8.67. The largest absolute Gasteiger partial charge is 0.376 e. The van der Waals surface area contributed by atoms with E-state index in [0.29, 0.717) is 19.0 Å². The Hall–Kier alpha value is -2.32. The topological polar surface area (TPSA) is 85.2 Å². The standard InChI is InChI=1S/C18H20N4O3S/c23-17(19-9-13-7-4-8-25-13)18(24)20-16-14-10-26-11-15(14)21-22(16)12-5-2-1-3-6-12/h1-3,5-6,13H,4,7-11H2,(H,19,23)(H,20,24)/t13-/m0/s1. The Kier molecular flexibility index (Phi) is 4.94. The molecule has 7 nitrogen and oxygen atoms in total. The monoisotopic (exact) mass is 372 g/mol. The van der Waals surface area contributed by atoms with Gasteiger partial charge in [0, 0.05) is 30.2 Å². The van der Waals surface area contributed by atoms with Crippen LogP contribution in [0.4, 0.5) is 5.82 Å². The summed E-state index contributed by atoms with van der Waals surface area (Å²) < 4.78 is 7.17. The Morgan fingerprint density at radius 3 is 2.85 bits per heavy atom. The van der Waals surface area contributed by atoms with Crippen molar-refractivity contribution < 1.29 is 14.3 Å². The summed E-state index contributed by atoms with van der Waals surface area (Å²) in [6.07, 6.45) is 1.91. The number of hydrogen-bond donors (Lipinski definition) is 2. The Morgan fingerprint density at radius 2 is 2.08 bits per heavy atom. The molecule has 4 rings (SSSR count). The van der Waals surface area contributed by atoms with Gasteiger partial charge in [-0.05, 0) is 25.0 Å². The fourth-order valence-electron chi connectivity index (χ4n) is 3.15. The van der Waals surface area contributed by atoms with E-state index in [1.165, 1.54) is 0 Å². The summed E-state index contributed by atoms with van der Waals surface area (Å²) >= 11 is 1.75. The van der Waals surface area contributed by atoms with E-state index >= 15 is 0 Å². The van der Waals surface area contributed by atoms with Crippen LogP contribution in [0.3, 0.4) is 0 Å². The minimum atomic E-state index is -0.681. The van der Waals surface area contributed by atoms with Crippen LogP contribution in [-0.2, 0) is 25.8 Å². The summed E-state index contributed by atoms with van der Waals surface area (Å²) in [6.45, 7) is 1.07. The average molecular weight is 372 g/mol. The lowest BCUT2D eigenvalue weighted by Crippen LogP contribution is -2.39. The van der Waals surface area contributed by atoms with Gasteiger partial charge in [0.05, 0.1) is 17.5 Å². The second kappa shape index (κ2) is 7.51. The molecule has 136 valence electrons. The molecule has 2 aromatic rings. The van der Waals surface area contributed by atoms with Gasteiger partial charge in [0.2, 0.25) is 0 Å². The van der Waals surface area contributed by atoms with E-state index in [0.717, 1.165) is 41.3 Å². The molecule has 2 aliphatic rings. The van der Waals surface area contributed by atoms with Crippen molar-refractivity contribution in [2.75, 3.05) is 18.5 Å². The van der Waals surface area contributed by atoms with E-state index in [2.05, 4.69) is 15.7 Å². The van der Waals surface area contributed by atoms with E-state index in [-0.39, 0.29) is 6.10 Å². The summed E-state index contributed by atoms with van der Waals surface area (Å²) in [6, 6.07) is 9.59. The van der Waals surface area contributed by atoms with E-state index in [9.17, 15) is 9.59 Å². The molecule has 1 fully saturated rings. The van der Waals surface area contributed by atoms with Gasteiger partial charge in [0.1, 0.15) is 5.82 Å². The van der Waals surface area contributed by atoms with Gasteiger partial charge >= 0.3 is 11.8 Å². The highest BCUT2D eigenvalue weighted by Gasteiger charge is 2.27. The van der Waals surface area contributed by atoms with Gasteiger partial charge in [-0.15, -0.1) is 0 Å². The maximum Gasteiger partial charge on any atom is 0.314 e. The number of nitrogens with one attached hydrogen (secondary N) is 2. The molecule has 8 heteroatoms. The molecule has 1 saturated heterocycles. The van der Waals surface area contributed by atoms with Crippen LogP contribution in [0.5, 0.6) is 0 Å². The normalized spacial score (nSPS) is 18.5. The minimum absolute atomic E-state index is 0.00208. The lowest BCUT2D eigenvalue weighted by molar-refractivity contribution is -0.136. The molecule has 0 aliphatic carbocycles. The number of para-hydroxylation sites is 1. The molecule has 0 saturated carbocycles. The quantitative estimate of drug-likeness (QED) is 0.800. The van der Waals surface area contributed by atoms with Crippen molar-refractivity contribution >= 4 is 29.4 Å². The van der Waals surface area contributed by atoms with Gasteiger partial charge in [-0.3, -0.25) is 9.59 Å². The summed E-state index contributed by atoms with van der Waals surface area (Å²) in [5.74, 6) is 0.826. The van der Waals surface area contributed by atoms with E-state index in [4.69, 9.17) is 4.74 Å². The van der Waals surface area contributed by atoms with Crippen molar-refractivity contribution in [1.82, 2.24) is 15.1 Å². The third-order valence-corrected chi connectivity index (χ3v) is 5.48. The predicted octanol–water partition coefficient (Wildman–Crippen LogP) is 1.85. The average Bonchev–Trinajstić information content (AvgIpc) is 3.39. The van der Waals surface area contributed by atoms with Crippen molar-refractivity contribution in [3.63, 3.8) is 0 Å². The third kappa shape index (κ3) is 3.47. The van der Waals surface area contributed by atoms with Gasteiger partial charge in [0.25, 0.3) is 0 Å². The molecule has 1 atom stereocenters. The smallest absolute Gasteiger partial charge is 0.314 e. The Labute approximate surface area is 155 Å². The lowest BCUT2D eigenvalue weighted by atomic mass is 10.2. The first-order valence-corrected chi connectivity index (χ1v) is 9.82. The highest BCUT2D eigenvalue weighted by atomic mass is 32.2. The molecule has 1 aromatic carbocycles. The van der Waals surface area contributed by atoms with Crippen LogP contribution in [0, 0.1) is 0 Å². The maximum absolute atomic E-state index is 12.4. The highest BCUT2D eigenvalue weighted by Crippen LogP contribution is 2.35. The molecule has 2 amide bonds. The number of amides is 2. The number of ether oxygens (including phenoxy) is 1. The number of fused-ring (bicyclic) bond motifs is 1. The van der Waals surface area contributed by atoms with Gasteiger partial charge < -0.3 is 15.4 Å². The van der Waals surface area contributed by atoms with Crippen molar-refractivity contribution in [2.24, 2.45) is 0 Å². The molecule has 0 radical (unpaired) electrons. The molecule has 0 spiro atoms. The Balaban J connectivity index is 1.50. The predicted molar refractivity (Wildman–Crippen MR) is 99.2 cm³/mol. The SMILES string of the molecule is O=C(NC[C@@H]1CCCO1)C(=O)Nc1c2c(nn1-c1ccccc1)CSC2.